The molecule has 24 heavy (non-hydrogen) atoms. The Morgan fingerprint density at radius 1 is 1.21 bits per heavy atom. The maximum Gasteiger partial charge on any atom is 0.277 e. The highest BCUT2D eigenvalue weighted by Gasteiger charge is 2.10. The Labute approximate surface area is 139 Å². The zero-order chi connectivity index (χ0) is 16.8. The second-order valence-electron chi connectivity index (χ2n) is 5.83. The predicted octanol–water partition coefficient (Wildman–Crippen LogP) is -0.797. The SMILES string of the molecule is O=C(CCn1nnc2ccccc2c1=O)NCCN1CCNCC1. The van der Waals surface area contributed by atoms with Crippen molar-refractivity contribution in [1.29, 1.82) is 0 Å². The van der Waals surface area contributed by atoms with E-state index < -0.39 is 0 Å². The first kappa shape index (κ1) is 16.5. The molecule has 2 heterocycles. The number of piperazine rings is 1. The van der Waals surface area contributed by atoms with Gasteiger partial charge in [-0.1, -0.05) is 17.3 Å². The molecule has 1 amide bonds. The van der Waals surface area contributed by atoms with Gasteiger partial charge in [0.25, 0.3) is 5.56 Å². The van der Waals surface area contributed by atoms with Crippen LogP contribution in [0.25, 0.3) is 10.9 Å². The average molecular weight is 330 g/mol. The highest BCUT2D eigenvalue weighted by Crippen LogP contribution is 2.03. The first-order chi connectivity index (χ1) is 11.7. The van der Waals surface area contributed by atoms with Gasteiger partial charge in [-0.05, 0) is 12.1 Å². The Bertz CT molecular complexity index is 754. The molecule has 128 valence electrons. The number of aromatic nitrogens is 3. The van der Waals surface area contributed by atoms with Crippen molar-refractivity contribution < 1.29 is 4.79 Å². The number of amides is 1. The van der Waals surface area contributed by atoms with Crippen molar-refractivity contribution in [1.82, 2.24) is 30.5 Å². The van der Waals surface area contributed by atoms with Gasteiger partial charge in [-0.25, -0.2) is 4.68 Å². The van der Waals surface area contributed by atoms with E-state index in [9.17, 15) is 9.59 Å². The molecule has 1 fully saturated rings. The molecular weight excluding hydrogens is 308 g/mol. The number of hydrogen-bond acceptors (Lipinski definition) is 6. The summed E-state index contributed by atoms with van der Waals surface area (Å²) in [6.07, 6.45) is 0.217. The Morgan fingerprint density at radius 3 is 2.83 bits per heavy atom. The Morgan fingerprint density at radius 2 is 2.00 bits per heavy atom. The first-order valence-electron chi connectivity index (χ1n) is 8.26. The van der Waals surface area contributed by atoms with Crippen LogP contribution < -0.4 is 16.2 Å². The molecule has 8 nitrogen and oxygen atoms in total. The fraction of sp³-hybridized carbons (Fsp3) is 0.500. The zero-order valence-electron chi connectivity index (χ0n) is 13.6. The summed E-state index contributed by atoms with van der Waals surface area (Å²) in [6, 6.07) is 7.07. The average Bonchev–Trinajstić information content (AvgIpc) is 2.62. The molecule has 3 rings (SSSR count). The van der Waals surface area contributed by atoms with Crippen molar-refractivity contribution in [2.75, 3.05) is 39.3 Å². The number of aryl methyl sites for hydroxylation is 1. The summed E-state index contributed by atoms with van der Waals surface area (Å²) >= 11 is 0. The normalized spacial score (nSPS) is 15.5. The summed E-state index contributed by atoms with van der Waals surface area (Å²) < 4.78 is 1.25. The molecule has 1 saturated heterocycles. The number of benzene rings is 1. The lowest BCUT2D eigenvalue weighted by Crippen LogP contribution is -2.46. The lowest BCUT2D eigenvalue weighted by atomic mass is 10.2. The minimum absolute atomic E-state index is 0.0769. The first-order valence-corrected chi connectivity index (χ1v) is 8.26. The fourth-order valence-electron chi connectivity index (χ4n) is 2.75. The number of fused-ring (bicyclic) bond motifs is 1. The molecule has 0 atom stereocenters. The predicted molar refractivity (Wildman–Crippen MR) is 90.7 cm³/mol. The third-order valence-electron chi connectivity index (χ3n) is 4.14. The van der Waals surface area contributed by atoms with Gasteiger partial charge >= 0.3 is 0 Å². The number of carbonyl (C=O) groups excluding carboxylic acids is 1. The van der Waals surface area contributed by atoms with E-state index in [1.165, 1.54) is 4.68 Å². The number of hydrogen-bond donors (Lipinski definition) is 2. The Kier molecular flexibility index (Phi) is 5.50. The van der Waals surface area contributed by atoms with Crippen LogP contribution in [0, 0.1) is 0 Å². The number of rotatable bonds is 6. The van der Waals surface area contributed by atoms with Crippen LogP contribution in [0.15, 0.2) is 29.1 Å². The molecule has 0 radical (unpaired) electrons. The molecule has 1 aromatic carbocycles. The minimum atomic E-state index is -0.214. The van der Waals surface area contributed by atoms with Crippen molar-refractivity contribution in [3.63, 3.8) is 0 Å². The molecule has 1 aliphatic rings. The van der Waals surface area contributed by atoms with E-state index in [2.05, 4.69) is 25.8 Å². The van der Waals surface area contributed by atoms with Gasteiger partial charge in [0.15, 0.2) is 0 Å². The van der Waals surface area contributed by atoms with E-state index in [1.54, 1.807) is 18.2 Å². The molecule has 8 heteroatoms. The van der Waals surface area contributed by atoms with Crippen LogP contribution in [-0.4, -0.2) is 65.1 Å². The summed E-state index contributed by atoms with van der Waals surface area (Å²) in [4.78, 5) is 26.5. The smallest absolute Gasteiger partial charge is 0.277 e. The highest BCUT2D eigenvalue weighted by molar-refractivity contribution is 5.77. The van der Waals surface area contributed by atoms with Crippen molar-refractivity contribution in [3.8, 4) is 0 Å². The van der Waals surface area contributed by atoms with E-state index in [4.69, 9.17) is 0 Å². The van der Waals surface area contributed by atoms with E-state index in [0.29, 0.717) is 17.4 Å². The molecule has 0 unspecified atom stereocenters. The Hall–Kier alpha value is -2.32. The zero-order valence-corrected chi connectivity index (χ0v) is 13.6. The van der Waals surface area contributed by atoms with Crippen LogP contribution in [0.5, 0.6) is 0 Å². The summed E-state index contributed by atoms with van der Waals surface area (Å²) in [5, 5.41) is 14.6. The van der Waals surface area contributed by atoms with Gasteiger partial charge in [-0.2, -0.15) is 0 Å². The minimum Gasteiger partial charge on any atom is -0.355 e. The summed E-state index contributed by atoms with van der Waals surface area (Å²) in [5.41, 5.74) is 0.355. The molecule has 1 aliphatic heterocycles. The molecule has 2 N–H and O–H groups in total. The quantitative estimate of drug-likeness (QED) is 0.721. The fourth-order valence-corrected chi connectivity index (χ4v) is 2.75. The standard InChI is InChI=1S/C16H22N6O2/c23-15(18-8-12-21-10-6-17-7-11-21)5-9-22-16(24)13-3-1-2-4-14(13)19-20-22/h1-4,17H,5-12H2,(H,18,23). The lowest BCUT2D eigenvalue weighted by molar-refractivity contribution is -0.121. The molecular formula is C16H22N6O2. The second-order valence-corrected chi connectivity index (χ2v) is 5.83. The lowest BCUT2D eigenvalue weighted by Gasteiger charge is -2.27. The van der Waals surface area contributed by atoms with Crippen molar-refractivity contribution in [3.05, 3.63) is 34.6 Å². The maximum absolute atomic E-state index is 12.3. The van der Waals surface area contributed by atoms with Gasteiger partial charge in [0.2, 0.25) is 5.91 Å². The van der Waals surface area contributed by atoms with Gasteiger partial charge in [-0.3, -0.25) is 14.5 Å². The van der Waals surface area contributed by atoms with E-state index >= 15 is 0 Å². The molecule has 0 aliphatic carbocycles. The van der Waals surface area contributed by atoms with Crippen molar-refractivity contribution in [2.24, 2.45) is 0 Å². The van der Waals surface area contributed by atoms with E-state index in [-0.39, 0.29) is 24.4 Å². The Balaban J connectivity index is 1.47. The molecule has 0 saturated carbocycles. The number of carbonyl (C=O) groups is 1. The third kappa shape index (κ3) is 4.15. The van der Waals surface area contributed by atoms with Gasteiger partial charge in [0.1, 0.15) is 5.52 Å². The molecule has 0 bridgehead atoms. The van der Waals surface area contributed by atoms with Crippen molar-refractivity contribution in [2.45, 2.75) is 13.0 Å². The second kappa shape index (κ2) is 7.98. The summed E-state index contributed by atoms with van der Waals surface area (Å²) in [6.45, 7) is 5.72. The number of nitrogens with zero attached hydrogens (tertiary/aromatic N) is 4. The summed E-state index contributed by atoms with van der Waals surface area (Å²) in [5.74, 6) is -0.0769. The highest BCUT2D eigenvalue weighted by atomic mass is 16.2. The largest absolute Gasteiger partial charge is 0.355 e. The number of nitrogens with one attached hydrogen (secondary N) is 2. The van der Waals surface area contributed by atoms with Gasteiger partial charge in [0.05, 0.1) is 11.9 Å². The molecule has 0 spiro atoms. The van der Waals surface area contributed by atoms with Crippen LogP contribution in [-0.2, 0) is 11.3 Å². The van der Waals surface area contributed by atoms with Crippen LogP contribution in [0.4, 0.5) is 0 Å². The molecule has 1 aromatic heterocycles. The van der Waals surface area contributed by atoms with Gasteiger partial charge in [-0.15, -0.1) is 5.10 Å². The monoisotopic (exact) mass is 330 g/mol. The van der Waals surface area contributed by atoms with Gasteiger partial charge in [0, 0.05) is 45.7 Å². The maximum atomic E-state index is 12.3. The third-order valence-corrected chi connectivity index (χ3v) is 4.14. The van der Waals surface area contributed by atoms with E-state index in [1.807, 2.05) is 6.07 Å². The van der Waals surface area contributed by atoms with E-state index in [0.717, 1.165) is 32.7 Å². The topological polar surface area (TPSA) is 92.1 Å². The summed E-state index contributed by atoms with van der Waals surface area (Å²) in [7, 11) is 0. The van der Waals surface area contributed by atoms with Crippen LogP contribution in [0.3, 0.4) is 0 Å². The van der Waals surface area contributed by atoms with Crippen LogP contribution >= 0.6 is 0 Å². The van der Waals surface area contributed by atoms with Crippen molar-refractivity contribution >= 4 is 16.8 Å². The van der Waals surface area contributed by atoms with Crippen LogP contribution in [0.1, 0.15) is 6.42 Å². The van der Waals surface area contributed by atoms with Crippen LogP contribution in [0.2, 0.25) is 0 Å². The molecule has 2 aromatic rings. The van der Waals surface area contributed by atoms with Gasteiger partial charge < -0.3 is 10.6 Å².